The lowest BCUT2D eigenvalue weighted by Gasteiger charge is -2.12. The zero-order valence-corrected chi connectivity index (χ0v) is 8.93. The van der Waals surface area contributed by atoms with Gasteiger partial charge in [-0.2, -0.15) is 0 Å². The van der Waals surface area contributed by atoms with Crippen LogP contribution in [0.3, 0.4) is 0 Å². The van der Waals surface area contributed by atoms with Crippen molar-refractivity contribution in [2.75, 3.05) is 32.8 Å². The van der Waals surface area contributed by atoms with E-state index in [0.717, 1.165) is 38.3 Å². The molecule has 2 aliphatic heterocycles. The Labute approximate surface area is 86.6 Å². The van der Waals surface area contributed by atoms with Crippen LogP contribution in [0, 0.1) is 5.92 Å². The van der Waals surface area contributed by atoms with E-state index in [1.807, 2.05) is 0 Å². The summed E-state index contributed by atoms with van der Waals surface area (Å²) in [6.45, 7) is 5.47. The maximum Gasteiger partial charge on any atom is 0.0507 e. The molecule has 82 valence electrons. The normalized spacial score (nSPS) is 32.6. The fraction of sp³-hybridized carbons (Fsp3) is 1.00. The van der Waals surface area contributed by atoms with E-state index < -0.39 is 0 Å². The van der Waals surface area contributed by atoms with E-state index >= 15 is 0 Å². The molecule has 2 N–H and O–H groups in total. The van der Waals surface area contributed by atoms with Crippen LogP contribution in [0.2, 0.25) is 0 Å². The summed E-state index contributed by atoms with van der Waals surface area (Å²) < 4.78 is 5.34. The van der Waals surface area contributed by atoms with Gasteiger partial charge in [0.1, 0.15) is 0 Å². The first-order valence-corrected chi connectivity index (χ1v) is 5.97. The summed E-state index contributed by atoms with van der Waals surface area (Å²) in [5.41, 5.74) is 0. The van der Waals surface area contributed by atoms with Gasteiger partial charge in [0, 0.05) is 19.2 Å². The van der Waals surface area contributed by atoms with E-state index in [1.54, 1.807) is 0 Å². The highest BCUT2D eigenvalue weighted by Crippen LogP contribution is 2.11. The fourth-order valence-electron chi connectivity index (χ4n) is 2.33. The van der Waals surface area contributed by atoms with Gasteiger partial charge in [0.25, 0.3) is 0 Å². The minimum Gasteiger partial charge on any atom is -0.381 e. The zero-order valence-electron chi connectivity index (χ0n) is 8.93. The highest BCUT2D eigenvalue weighted by Gasteiger charge is 2.16. The highest BCUT2D eigenvalue weighted by atomic mass is 16.5. The molecule has 0 bridgehead atoms. The standard InChI is InChI=1S/C11H22N2O/c1-2-11(13-5-1)3-6-12-8-10-4-7-14-9-10/h10-13H,1-9H2. The molecule has 2 heterocycles. The van der Waals surface area contributed by atoms with Gasteiger partial charge in [-0.25, -0.2) is 0 Å². The van der Waals surface area contributed by atoms with Crippen LogP contribution < -0.4 is 10.6 Å². The van der Waals surface area contributed by atoms with Gasteiger partial charge in [0.2, 0.25) is 0 Å². The third kappa shape index (κ3) is 3.23. The maximum absolute atomic E-state index is 5.34. The molecule has 2 saturated heterocycles. The average Bonchev–Trinajstić information content (AvgIpc) is 2.86. The largest absolute Gasteiger partial charge is 0.381 e. The first-order chi connectivity index (χ1) is 6.95. The van der Waals surface area contributed by atoms with E-state index in [1.165, 1.54) is 32.2 Å². The fourth-order valence-corrected chi connectivity index (χ4v) is 2.33. The second-order valence-electron chi connectivity index (χ2n) is 4.52. The molecule has 0 aromatic carbocycles. The van der Waals surface area contributed by atoms with Gasteiger partial charge in [-0.3, -0.25) is 0 Å². The summed E-state index contributed by atoms with van der Waals surface area (Å²) in [6, 6.07) is 0.780. The van der Waals surface area contributed by atoms with Crippen molar-refractivity contribution in [3.05, 3.63) is 0 Å². The van der Waals surface area contributed by atoms with Crippen molar-refractivity contribution in [1.29, 1.82) is 0 Å². The average molecular weight is 198 g/mol. The van der Waals surface area contributed by atoms with Crippen molar-refractivity contribution in [1.82, 2.24) is 10.6 Å². The Morgan fingerprint density at radius 3 is 3.07 bits per heavy atom. The Hall–Kier alpha value is -0.120. The molecule has 0 aliphatic carbocycles. The molecule has 2 atom stereocenters. The number of ether oxygens (including phenoxy) is 1. The van der Waals surface area contributed by atoms with Gasteiger partial charge in [-0.15, -0.1) is 0 Å². The number of hydrogen-bond donors (Lipinski definition) is 2. The molecule has 0 saturated carbocycles. The van der Waals surface area contributed by atoms with E-state index in [0.29, 0.717) is 0 Å². The van der Waals surface area contributed by atoms with Crippen molar-refractivity contribution < 1.29 is 4.74 Å². The van der Waals surface area contributed by atoms with Crippen LogP contribution in [0.1, 0.15) is 25.7 Å². The van der Waals surface area contributed by atoms with Crippen molar-refractivity contribution in [2.24, 2.45) is 5.92 Å². The topological polar surface area (TPSA) is 33.3 Å². The lowest BCUT2D eigenvalue weighted by Crippen LogP contribution is -2.29. The second kappa shape index (κ2) is 5.69. The van der Waals surface area contributed by atoms with Crippen LogP contribution in [0.15, 0.2) is 0 Å². The van der Waals surface area contributed by atoms with Gasteiger partial charge >= 0.3 is 0 Å². The van der Waals surface area contributed by atoms with Crippen molar-refractivity contribution in [2.45, 2.75) is 31.7 Å². The van der Waals surface area contributed by atoms with E-state index in [-0.39, 0.29) is 0 Å². The van der Waals surface area contributed by atoms with Crippen LogP contribution in [-0.4, -0.2) is 38.9 Å². The van der Waals surface area contributed by atoms with Crippen LogP contribution >= 0.6 is 0 Å². The maximum atomic E-state index is 5.34. The molecule has 2 rings (SSSR count). The summed E-state index contributed by atoms with van der Waals surface area (Å²) in [5, 5.41) is 7.05. The third-order valence-electron chi connectivity index (χ3n) is 3.29. The van der Waals surface area contributed by atoms with Gasteiger partial charge in [0.15, 0.2) is 0 Å². The smallest absolute Gasteiger partial charge is 0.0507 e. The summed E-state index contributed by atoms with van der Waals surface area (Å²) >= 11 is 0. The molecule has 2 unspecified atom stereocenters. The number of hydrogen-bond acceptors (Lipinski definition) is 3. The van der Waals surface area contributed by atoms with Crippen molar-refractivity contribution >= 4 is 0 Å². The predicted octanol–water partition coefficient (Wildman–Crippen LogP) is 0.755. The van der Waals surface area contributed by atoms with Gasteiger partial charge in [-0.05, 0) is 44.7 Å². The van der Waals surface area contributed by atoms with Crippen LogP contribution in [-0.2, 0) is 4.74 Å². The lowest BCUT2D eigenvalue weighted by atomic mass is 10.1. The highest BCUT2D eigenvalue weighted by molar-refractivity contribution is 4.75. The Morgan fingerprint density at radius 1 is 1.36 bits per heavy atom. The summed E-state index contributed by atoms with van der Waals surface area (Å²) in [7, 11) is 0. The molecule has 0 aromatic heterocycles. The Morgan fingerprint density at radius 2 is 2.36 bits per heavy atom. The van der Waals surface area contributed by atoms with Gasteiger partial charge < -0.3 is 15.4 Å². The molecule has 2 aliphatic rings. The molecule has 3 nitrogen and oxygen atoms in total. The predicted molar refractivity (Wildman–Crippen MR) is 57.4 cm³/mol. The van der Waals surface area contributed by atoms with E-state index in [2.05, 4.69) is 10.6 Å². The molecule has 0 radical (unpaired) electrons. The summed E-state index contributed by atoms with van der Waals surface area (Å²) in [6.07, 6.45) is 5.26. The van der Waals surface area contributed by atoms with Crippen molar-refractivity contribution in [3.63, 3.8) is 0 Å². The van der Waals surface area contributed by atoms with E-state index in [4.69, 9.17) is 4.74 Å². The zero-order chi connectivity index (χ0) is 9.64. The van der Waals surface area contributed by atoms with Gasteiger partial charge in [-0.1, -0.05) is 0 Å². The molecule has 14 heavy (non-hydrogen) atoms. The lowest BCUT2D eigenvalue weighted by molar-refractivity contribution is 0.185. The molecule has 2 fully saturated rings. The molecule has 0 spiro atoms. The second-order valence-corrected chi connectivity index (χ2v) is 4.52. The van der Waals surface area contributed by atoms with Crippen LogP contribution in [0.4, 0.5) is 0 Å². The Bertz CT molecular complexity index is 133. The summed E-state index contributed by atoms with van der Waals surface area (Å²) in [4.78, 5) is 0. The van der Waals surface area contributed by atoms with Crippen molar-refractivity contribution in [3.8, 4) is 0 Å². The first kappa shape index (κ1) is 10.4. The van der Waals surface area contributed by atoms with Crippen LogP contribution in [0.5, 0.6) is 0 Å². The number of nitrogens with one attached hydrogen (secondary N) is 2. The molecule has 0 aromatic rings. The summed E-state index contributed by atoms with van der Waals surface area (Å²) in [5.74, 6) is 0.770. The Kier molecular flexibility index (Phi) is 4.22. The first-order valence-electron chi connectivity index (χ1n) is 5.97. The minimum absolute atomic E-state index is 0.770. The third-order valence-corrected chi connectivity index (χ3v) is 3.29. The van der Waals surface area contributed by atoms with E-state index in [9.17, 15) is 0 Å². The molecular formula is C11H22N2O. The van der Waals surface area contributed by atoms with Gasteiger partial charge in [0.05, 0.1) is 6.61 Å². The Balaban J connectivity index is 1.46. The molecule has 3 heteroatoms. The monoisotopic (exact) mass is 198 g/mol. The minimum atomic E-state index is 0.770. The number of rotatable bonds is 5. The molecule has 0 amide bonds. The van der Waals surface area contributed by atoms with Crippen LogP contribution in [0.25, 0.3) is 0 Å². The SMILES string of the molecule is C1CNC(CCNCC2CCOC2)C1. The quantitative estimate of drug-likeness (QED) is 0.640. The molecular weight excluding hydrogens is 176 g/mol.